The van der Waals surface area contributed by atoms with Crippen LogP contribution in [0.4, 0.5) is 0 Å². The number of hydrogen-bond acceptors (Lipinski definition) is 3. The molecule has 2 aliphatic rings. The molecule has 4 nitrogen and oxygen atoms in total. The molecule has 0 fully saturated rings. The maximum Gasteiger partial charge on any atom is 0.232 e. The number of hydrogen-bond donors (Lipinski definition) is 1. The largest absolute Gasteiger partial charge is 0.369 e. The third kappa shape index (κ3) is 4.41. The number of rotatable bonds is 5. The first-order valence-electron chi connectivity index (χ1n) is 9.01. The van der Waals surface area contributed by atoms with Crippen LogP contribution in [0.15, 0.2) is 53.1 Å². The standard InChI is InChI=1S/C20H26BN3O/c1-20(11-10-15-8-5-9-17(21)12-15)13-18(25)24(19(22)23-20)14-16-6-3-2-4-7-16/h2-3,5-6,8-9,12H,4,7,10-11,13-14,21H2,1H3,(H2,22,23). The van der Waals surface area contributed by atoms with Crippen LogP contribution in [-0.4, -0.2) is 36.7 Å². The molecule has 0 radical (unpaired) electrons. The summed E-state index contributed by atoms with van der Waals surface area (Å²) in [5.41, 5.74) is 9.52. The maximum atomic E-state index is 12.7. The Morgan fingerprint density at radius 3 is 2.92 bits per heavy atom. The summed E-state index contributed by atoms with van der Waals surface area (Å²) in [5, 5.41) is 0. The van der Waals surface area contributed by atoms with Gasteiger partial charge in [0.1, 0.15) is 7.85 Å². The Hall–Kier alpha value is -2.30. The highest BCUT2D eigenvalue weighted by Gasteiger charge is 2.35. The number of aryl methyl sites for hydroxylation is 1. The van der Waals surface area contributed by atoms with Crippen LogP contribution in [0.25, 0.3) is 0 Å². The van der Waals surface area contributed by atoms with Crippen LogP contribution < -0.4 is 11.2 Å². The number of carbonyl (C=O) groups excluding carboxylic acids is 1. The van der Waals surface area contributed by atoms with Gasteiger partial charge in [0.25, 0.3) is 0 Å². The van der Waals surface area contributed by atoms with Crippen LogP contribution >= 0.6 is 0 Å². The number of allylic oxidation sites excluding steroid dienone is 3. The summed E-state index contributed by atoms with van der Waals surface area (Å²) < 4.78 is 0. The Bertz CT molecular complexity index is 753. The average molecular weight is 335 g/mol. The Morgan fingerprint density at radius 2 is 2.24 bits per heavy atom. The number of carbonyl (C=O) groups is 1. The van der Waals surface area contributed by atoms with Gasteiger partial charge in [-0.15, -0.1) is 0 Å². The van der Waals surface area contributed by atoms with E-state index in [1.807, 2.05) is 13.0 Å². The summed E-state index contributed by atoms with van der Waals surface area (Å²) in [7, 11) is 2.10. The second-order valence-electron chi connectivity index (χ2n) is 7.40. The van der Waals surface area contributed by atoms with Gasteiger partial charge in [-0.2, -0.15) is 0 Å². The van der Waals surface area contributed by atoms with E-state index in [1.165, 1.54) is 16.6 Å². The van der Waals surface area contributed by atoms with E-state index in [9.17, 15) is 4.79 Å². The van der Waals surface area contributed by atoms with Gasteiger partial charge in [0.2, 0.25) is 5.91 Å². The van der Waals surface area contributed by atoms with E-state index in [4.69, 9.17) is 10.7 Å². The maximum absolute atomic E-state index is 12.7. The zero-order valence-corrected chi connectivity index (χ0v) is 15.2. The summed E-state index contributed by atoms with van der Waals surface area (Å²) in [6.45, 7) is 2.60. The van der Waals surface area contributed by atoms with Gasteiger partial charge in [0.15, 0.2) is 5.96 Å². The quantitative estimate of drug-likeness (QED) is 0.829. The van der Waals surface area contributed by atoms with Crippen LogP contribution in [0.2, 0.25) is 0 Å². The summed E-state index contributed by atoms with van der Waals surface area (Å²) >= 11 is 0. The predicted octanol–water partition coefficient (Wildman–Crippen LogP) is 1.46. The molecule has 1 heterocycles. The van der Waals surface area contributed by atoms with Crippen molar-refractivity contribution in [2.75, 3.05) is 6.54 Å². The van der Waals surface area contributed by atoms with Crippen molar-refractivity contribution in [3.05, 3.63) is 53.6 Å². The number of guanidine groups is 1. The van der Waals surface area contributed by atoms with Crippen molar-refractivity contribution in [3.8, 4) is 0 Å². The first-order valence-corrected chi connectivity index (χ1v) is 9.01. The fourth-order valence-corrected chi connectivity index (χ4v) is 3.51. The molecular formula is C20H26BN3O. The molecule has 1 aliphatic carbocycles. The fraction of sp³-hybridized carbons (Fsp3) is 0.400. The third-order valence-corrected chi connectivity index (χ3v) is 4.99. The summed E-state index contributed by atoms with van der Waals surface area (Å²) in [4.78, 5) is 19.0. The molecule has 130 valence electrons. The molecule has 0 saturated carbocycles. The van der Waals surface area contributed by atoms with Crippen molar-refractivity contribution in [1.29, 1.82) is 0 Å². The van der Waals surface area contributed by atoms with Crippen molar-refractivity contribution in [3.63, 3.8) is 0 Å². The van der Waals surface area contributed by atoms with Crippen LogP contribution in [0.3, 0.4) is 0 Å². The van der Waals surface area contributed by atoms with Crippen LogP contribution in [-0.2, 0) is 11.2 Å². The first kappa shape index (κ1) is 17.5. The molecular weight excluding hydrogens is 309 g/mol. The molecule has 1 atom stereocenters. The molecule has 1 aromatic rings. The van der Waals surface area contributed by atoms with Crippen molar-refractivity contribution in [2.24, 2.45) is 10.7 Å². The molecule has 3 rings (SSSR count). The molecule has 1 amide bonds. The van der Waals surface area contributed by atoms with E-state index in [2.05, 4.69) is 44.3 Å². The minimum Gasteiger partial charge on any atom is -0.369 e. The Labute approximate surface area is 150 Å². The lowest BCUT2D eigenvalue weighted by Crippen LogP contribution is -2.51. The molecule has 2 N–H and O–H groups in total. The second-order valence-corrected chi connectivity index (χ2v) is 7.40. The number of amides is 1. The van der Waals surface area contributed by atoms with Gasteiger partial charge in [0, 0.05) is 0 Å². The van der Waals surface area contributed by atoms with Crippen molar-refractivity contribution >= 4 is 25.2 Å². The van der Waals surface area contributed by atoms with Crippen molar-refractivity contribution in [2.45, 2.75) is 44.6 Å². The molecule has 0 bridgehead atoms. The number of aliphatic imine (C=N–C) groups is 1. The lowest BCUT2D eigenvalue weighted by Gasteiger charge is -2.35. The highest BCUT2D eigenvalue weighted by molar-refractivity contribution is 6.32. The van der Waals surface area contributed by atoms with E-state index in [-0.39, 0.29) is 5.91 Å². The predicted molar refractivity (Wildman–Crippen MR) is 106 cm³/mol. The lowest BCUT2D eigenvalue weighted by molar-refractivity contribution is -0.129. The zero-order chi connectivity index (χ0) is 17.9. The van der Waals surface area contributed by atoms with E-state index >= 15 is 0 Å². The normalized spacial score (nSPS) is 23.4. The molecule has 0 aromatic heterocycles. The highest BCUT2D eigenvalue weighted by atomic mass is 16.2. The Morgan fingerprint density at radius 1 is 1.40 bits per heavy atom. The zero-order valence-electron chi connectivity index (χ0n) is 15.2. The SMILES string of the molecule is Bc1cccc(CCC2(C)CC(=O)N(CC3=CC=CCC3)C(N)=N2)c1. The molecule has 1 unspecified atom stereocenters. The van der Waals surface area contributed by atoms with Gasteiger partial charge < -0.3 is 5.73 Å². The van der Waals surface area contributed by atoms with Crippen LogP contribution in [0.1, 0.15) is 38.2 Å². The molecule has 1 aliphatic heterocycles. The summed E-state index contributed by atoms with van der Waals surface area (Å²) in [5.74, 6) is 0.438. The van der Waals surface area contributed by atoms with E-state index in [1.54, 1.807) is 4.90 Å². The topological polar surface area (TPSA) is 58.7 Å². The Balaban J connectivity index is 1.68. The molecule has 1 aromatic carbocycles. The van der Waals surface area contributed by atoms with Gasteiger partial charge in [-0.3, -0.25) is 9.69 Å². The molecule has 25 heavy (non-hydrogen) atoms. The first-order chi connectivity index (χ1) is 12.0. The Kier molecular flexibility index (Phi) is 5.12. The minimum atomic E-state index is -0.414. The second kappa shape index (κ2) is 7.30. The van der Waals surface area contributed by atoms with Gasteiger partial charge in [-0.1, -0.05) is 53.5 Å². The van der Waals surface area contributed by atoms with Gasteiger partial charge in [-0.05, 0) is 38.2 Å². The van der Waals surface area contributed by atoms with E-state index < -0.39 is 5.54 Å². The van der Waals surface area contributed by atoms with Crippen molar-refractivity contribution in [1.82, 2.24) is 4.90 Å². The lowest BCUT2D eigenvalue weighted by atomic mass is 9.87. The van der Waals surface area contributed by atoms with Crippen LogP contribution in [0.5, 0.6) is 0 Å². The van der Waals surface area contributed by atoms with Crippen LogP contribution in [0, 0.1) is 0 Å². The molecule has 5 heteroatoms. The van der Waals surface area contributed by atoms with Crippen molar-refractivity contribution < 1.29 is 4.79 Å². The molecule has 0 saturated heterocycles. The number of nitrogens with zero attached hydrogens (tertiary/aromatic N) is 2. The fourth-order valence-electron chi connectivity index (χ4n) is 3.51. The summed E-state index contributed by atoms with van der Waals surface area (Å²) in [6.07, 6.45) is 10.4. The number of nitrogens with two attached hydrogens (primary N) is 1. The monoisotopic (exact) mass is 335 g/mol. The smallest absolute Gasteiger partial charge is 0.232 e. The highest BCUT2D eigenvalue weighted by Crippen LogP contribution is 2.28. The average Bonchev–Trinajstić information content (AvgIpc) is 2.58. The number of benzene rings is 1. The van der Waals surface area contributed by atoms with Gasteiger partial charge >= 0.3 is 0 Å². The van der Waals surface area contributed by atoms with Gasteiger partial charge in [-0.25, -0.2) is 4.99 Å². The van der Waals surface area contributed by atoms with Gasteiger partial charge in [0.05, 0.1) is 18.5 Å². The van der Waals surface area contributed by atoms with E-state index in [0.29, 0.717) is 18.9 Å². The van der Waals surface area contributed by atoms with E-state index in [0.717, 1.165) is 25.7 Å². The summed E-state index contributed by atoms with van der Waals surface area (Å²) in [6, 6.07) is 8.49. The minimum absolute atomic E-state index is 0.0784. The molecule has 0 spiro atoms. The third-order valence-electron chi connectivity index (χ3n) is 4.99.